The van der Waals surface area contributed by atoms with Crippen molar-refractivity contribution >= 4 is 27.3 Å². The third-order valence-electron chi connectivity index (χ3n) is 2.96. The van der Waals surface area contributed by atoms with Gasteiger partial charge in [-0.15, -0.1) is 11.3 Å². The van der Waals surface area contributed by atoms with Crippen molar-refractivity contribution in [1.82, 2.24) is 5.32 Å². The maximum Gasteiger partial charge on any atom is 0.0701 e. The zero-order valence-electron chi connectivity index (χ0n) is 9.20. The lowest BCUT2D eigenvalue weighted by Gasteiger charge is -2.40. The molecule has 1 aliphatic heterocycles. The first-order valence-electron chi connectivity index (χ1n) is 5.32. The lowest BCUT2D eigenvalue weighted by Crippen LogP contribution is -2.52. The van der Waals surface area contributed by atoms with Gasteiger partial charge in [0, 0.05) is 17.5 Å². The number of hydrogen-bond donors (Lipinski definition) is 2. The Morgan fingerprint density at radius 2 is 2.38 bits per heavy atom. The summed E-state index contributed by atoms with van der Waals surface area (Å²) in [6, 6.07) is 4.50. The van der Waals surface area contributed by atoms with E-state index in [1.807, 2.05) is 0 Å². The SMILES string of the molecule is CC(NCC1(CO)COC1)c1ccc(Br)s1. The summed E-state index contributed by atoms with van der Waals surface area (Å²) in [6.45, 7) is 4.47. The third kappa shape index (κ3) is 2.65. The number of aliphatic hydroxyl groups excluding tert-OH is 1. The van der Waals surface area contributed by atoms with Crippen molar-refractivity contribution in [2.75, 3.05) is 26.4 Å². The van der Waals surface area contributed by atoms with E-state index in [9.17, 15) is 5.11 Å². The van der Waals surface area contributed by atoms with E-state index in [2.05, 4.69) is 40.3 Å². The Labute approximate surface area is 108 Å². The number of aliphatic hydroxyl groups is 1. The summed E-state index contributed by atoms with van der Waals surface area (Å²) in [7, 11) is 0. The lowest BCUT2D eigenvalue weighted by atomic mass is 9.87. The maximum absolute atomic E-state index is 9.30. The molecule has 0 aliphatic carbocycles. The standard InChI is InChI=1S/C11H16BrNO2S/c1-8(9-2-3-10(12)16-9)13-4-11(5-14)6-15-7-11/h2-3,8,13-14H,4-7H2,1H3. The Bertz CT molecular complexity index is 346. The third-order valence-corrected chi connectivity index (χ3v) is 4.76. The number of ether oxygens (including phenoxy) is 1. The number of halogens is 1. The monoisotopic (exact) mass is 305 g/mol. The molecule has 2 heterocycles. The van der Waals surface area contributed by atoms with Crippen molar-refractivity contribution in [2.45, 2.75) is 13.0 Å². The summed E-state index contributed by atoms with van der Waals surface area (Å²) in [5.74, 6) is 0. The van der Waals surface area contributed by atoms with Crippen LogP contribution in [0.25, 0.3) is 0 Å². The molecule has 1 fully saturated rings. The van der Waals surface area contributed by atoms with Crippen molar-refractivity contribution < 1.29 is 9.84 Å². The fourth-order valence-corrected chi connectivity index (χ4v) is 3.12. The van der Waals surface area contributed by atoms with Crippen LogP contribution in [0.5, 0.6) is 0 Å². The van der Waals surface area contributed by atoms with Gasteiger partial charge in [0.05, 0.1) is 29.0 Å². The molecule has 5 heteroatoms. The van der Waals surface area contributed by atoms with Gasteiger partial charge < -0.3 is 15.2 Å². The van der Waals surface area contributed by atoms with Crippen molar-refractivity contribution in [1.29, 1.82) is 0 Å². The summed E-state index contributed by atoms with van der Waals surface area (Å²) >= 11 is 5.20. The molecule has 2 rings (SSSR count). The van der Waals surface area contributed by atoms with Crippen LogP contribution in [0.3, 0.4) is 0 Å². The van der Waals surface area contributed by atoms with E-state index in [1.54, 1.807) is 11.3 Å². The molecule has 1 aromatic rings. The zero-order valence-corrected chi connectivity index (χ0v) is 11.6. The van der Waals surface area contributed by atoms with Crippen LogP contribution >= 0.6 is 27.3 Å². The molecule has 1 unspecified atom stereocenters. The number of hydrogen-bond acceptors (Lipinski definition) is 4. The van der Waals surface area contributed by atoms with E-state index >= 15 is 0 Å². The largest absolute Gasteiger partial charge is 0.396 e. The van der Waals surface area contributed by atoms with Crippen LogP contribution in [0, 0.1) is 5.41 Å². The molecule has 1 saturated heterocycles. The topological polar surface area (TPSA) is 41.5 Å². The van der Waals surface area contributed by atoms with Crippen molar-refractivity contribution in [3.8, 4) is 0 Å². The van der Waals surface area contributed by atoms with Crippen LogP contribution in [0.2, 0.25) is 0 Å². The van der Waals surface area contributed by atoms with Gasteiger partial charge >= 0.3 is 0 Å². The van der Waals surface area contributed by atoms with Gasteiger partial charge in [-0.1, -0.05) is 0 Å². The Balaban J connectivity index is 1.86. The zero-order chi connectivity index (χ0) is 11.6. The van der Waals surface area contributed by atoms with Crippen molar-refractivity contribution in [3.05, 3.63) is 20.8 Å². The van der Waals surface area contributed by atoms with Gasteiger partial charge in [-0.05, 0) is 35.0 Å². The summed E-state index contributed by atoms with van der Waals surface area (Å²) in [5.41, 5.74) is -0.0528. The highest BCUT2D eigenvalue weighted by atomic mass is 79.9. The normalized spacial score (nSPS) is 20.4. The van der Waals surface area contributed by atoms with Gasteiger partial charge in [-0.3, -0.25) is 0 Å². The highest BCUT2D eigenvalue weighted by Gasteiger charge is 2.38. The molecule has 0 saturated carbocycles. The average molecular weight is 306 g/mol. The maximum atomic E-state index is 9.30. The average Bonchev–Trinajstić information content (AvgIpc) is 2.64. The smallest absolute Gasteiger partial charge is 0.0701 e. The Morgan fingerprint density at radius 1 is 1.62 bits per heavy atom. The van der Waals surface area contributed by atoms with Crippen molar-refractivity contribution in [3.63, 3.8) is 0 Å². The molecule has 0 radical (unpaired) electrons. The molecular weight excluding hydrogens is 290 g/mol. The molecule has 1 atom stereocenters. The first-order chi connectivity index (χ1) is 7.65. The second-order valence-electron chi connectivity index (χ2n) is 4.40. The van der Waals surface area contributed by atoms with E-state index in [-0.39, 0.29) is 12.0 Å². The molecule has 1 aliphatic rings. The quantitative estimate of drug-likeness (QED) is 0.876. The molecular formula is C11H16BrNO2S. The van der Waals surface area contributed by atoms with Crippen LogP contribution in [0.4, 0.5) is 0 Å². The predicted molar refractivity (Wildman–Crippen MR) is 68.8 cm³/mol. The van der Waals surface area contributed by atoms with Crippen LogP contribution in [-0.4, -0.2) is 31.5 Å². The molecule has 16 heavy (non-hydrogen) atoms. The summed E-state index contributed by atoms with van der Waals surface area (Å²) in [5, 5.41) is 12.8. The summed E-state index contributed by atoms with van der Waals surface area (Å²) < 4.78 is 6.32. The first-order valence-corrected chi connectivity index (χ1v) is 6.93. The highest BCUT2D eigenvalue weighted by molar-refractivity contribution is 9.11. The Kier molecular flexibility index (Phi) is 4.02. The number of thiophene rings is 1. The summed E-state index contributed by atoms with van der Waals surface area (Å²) in [6.07, 6.45) is 0. The second kappa shape index (κ2) is 5.14. The molecule has 90 valence electrons. The minimum absolute atomic E-state index is 0.0528. The predicted octanol–water partition coefficient (Wildman–Crippen LogP) is 2.17. The fraction of sp³-hybridized carbons (Fsp3) is 0.636. The van der Waals surface area contributed by atoms with Gasteiger partial charge in [0.2, 0.25) is 0 Å². The van der Waals surface area contributed by atoms with E-state index in [0.717, 1.165) is 10.3 Å². The number of nitrogens with one attached hydrogen (secondary N) is 1. The van der Waals surface area contributed by atoms with E-state index < -0.39 is 0 Å². The molecule has 0 spiro atoms. The molecule has 3 nitrogen and oxygen atoms in total. The molecule has 2 N–H and O–H groups in total. The van der Waals surface area contributed by atoms with E-state index in [4.69, 9.17) is 4.74 Å². The Hall–Kier alpha value is 0.0600. The summed E-state index contributed by atoms with van der Waals surface area (Å²) in [4.78, 5) is 1.31. The van der Waals surface area contributed by atoms with Crippen LogP contribution in [0.1, 0.15) is 17.8 Å². The lowest BCUT2D eigenvalue weighted by molar-refractivity contribution is -0.135. The Morgan fingerprint density at radius 3 is 2.81 bits per heavy atom. The molecule has 0 aromatic carbocycles. The van der Waals surface area contributed by atoms with Gasteiger partial charge in [0.25, 0.3) is 0 Å². The van der Waals surface area contributed by atoms with E-state index in [1.165, 1.54) is 4.88 Å². The van der Waals surface area contributed by atoms with Crippen LogP contribution in [0.15, 0.2) is 15.9 Å². The van der Waals surface area contributed by atoms with Crippen LogP contribution in [-0.2, 0) is 4.74 Å². The van der Waals surface area contributed by atoms with Crippen molar-refractivity contribution in [2.24, 2.45) is 5.41 Å². The first kappa shape index (κ1) is 12.5. The fourth-order valence-electron chi connectivity index (χ4n) is 1.67. The van der Waals surface area contributed by atoms with Gasteiger partial charge in [0.1, 0.15) is 0 Å². The highest BCUT2D eigenvalue weighted by Crippen LogP contribution is 2.29. The minimum Gasteiger partial charge on any atom is -0.396 e. The second-order valence-corrected chi connectivity index (χ2v) is 6.89. The number of rotatable bonds is 5. The van der Waals surface area contributed by atoms with Crippen LogP contribution < -0.4 is 5.32 Å². The van der Waals surface area contributed by atoms with Gasteiger partial charge in [0.15, 0.2) is 0 Å². The molecule has 0 amide bonds. The molecule has 0 bridgehead atoms. The minimum atomic E-state index is -0.0528. The molecule has 1 aromatic heterocycles. The van der Waals surface area contributed by atoms with Gasteiger partial charge in [-0.2, -0.15) is 0 Å². The van der Waals surface area contributed by atoms with Gasteiger partial charge in [-0.25, -0.2) is 0 Å². The van der Waals surface area contributed by atoms with E-state index in [0.29, 0.717) is 19.3 Å².